The monoisotopic (exact) mass is 419 g/mol. The Bertz CT molecular complexity index is 952. The molecule has 3 aromatic rings. The summed E-state index contributed by atoms with van der Waals surface area (Å²) in [5, 5.41) is 3.21. The van der Waals surface area contributed by atoms with Crippen molar-refractivity contribution in [2.24, 2.45) is 5.92 Å². The molecule has 0 bridgehead atoms. The number of benzene rings is 2. The molecule has 4 heteroatoms. The predicted molar refractivity (Wildman–Crippen MR) is 124 cm³/mol. The molecule has 1 aliphatic rings. The lowest BCUT2D eigenvalue weighted by Gasteiger charge is -2.21. The molecule has 0 saturated heterocycles. The summed E-state index contributed by atoms with van der Waals surface area (Å²) >= 11 is 1.61. The van der Waals surface area contributed by atoms with Crippen LogP contribution < -0.4 is 5.32 Å². The highest BCUT2D eigenvalue weighted by Gasteiger charge is 2.29. The lowest BCUT2D eigenvalue weighted by Crippen LogP contribution is -2.33. The maximum absolute atomic E-state index is 13.1. The molecule has 1 N–H and O–H groups in total. The molecule has 30 heavy (non-hydrogen) atoms. The molecule has 4 rings (SSSR count). The van der Waals surface area contributed by atoms with Gasteiger partial charge in [-0.25, -0.2) is 0 Å². The molecule has 1 fully saturated rings. The molecule has 1 aromatic heterocycles. The van der Waals surface area contributed by atoms with Crippen LogP contribution in [-0.2, 0) is 17.8 Å². The van der Waals surface area contributed by atoms with Gasteiger partial charge >= 0.3 is 0 Å². The fourth-order valence-corrected chi connectivity index (χ4v) is 5.19. The van der Waals surface area contributed by atoms with E-state index < -0.39 is 0 Å². The Hall–Kier alpha value is -2.43. The molecule has 2 atom stereocenters. The number of carbonyl (C=O) groups excluding carboxylic acids is 1. The average molecular weight is 420 g/mol. The molecular weight excluding hydrogens is 390 g/mol. The topological polar surface area (TPSA) is 38.3 Å². The van der Waals surface area contributed by atoms with E-state index in [4.69, 9.17) is 4.74 Å². The van der Waals surface area contributed by atoms with Crippen molar-refractivity contribution in [3.8, 4) is 11.1 Å². The van der Waals surface area contributed by atoms with E-state index in [1.165, 1.54) is 10.4 Å². The minimum atomic E-state index is 0.0345. The molecule has 0 spiro atoms. The Kier molecular flexibility index (Phi) is 6.98. The largest absolute Gasteiger partial charge is 0.373 e. The number of rotatable bonds is 8. The zero-order chi connectivity index (χ0) is 20.8. The fourth-order valence-electron chi connectivity index (χ4n) is 4.15. The molecule has 2 aromatic carbocycles. The number of thiophene rings is 1. The van der Waals surface area contributed by atoms with Crippen molar-refractivity contribution in [1.29, 1.82) is 0 Å². The summed E-state index contributed by atoms with van der Waals surface area (Å²) < 4.78 is 6.21. The van der Waals surface area contributed by atoms with Gasteiger partial charge in [0.2, 0.25) is 0 Å². The van der Waals surface area contributed by atoms with Crippen LogP contribution in [0.25, 0.3) is 11.1 Å². The van der Waals surface area contributed by atoms with E-state index in [0.717, 1.165) is 41.7 Å². The first-order valence-electron chi connectivity index (χ1n) is 10.9. The maximum atomic E-state index is 13.1. The zero-order valence-corrected chi connectivity index (χ0v) is 18.3. The predicted octanol–water partition coefficient (Wildman–Crippen LogP) is 6.09. The van der Waals surface area contributed by atoms with Crippen LogP contribution in [0.3, 0.4) is 0 Å². The van der Waals surface area contributed by atoms with Crippen molar-refractivity contribution in [2.75, 3.05) is 6.54 Å². The van der Waals surface area contributed by atoms with Crippen molar-refractivity contribution in [2.45, 2.75) is 45.3 Å². The van der Waals surface area contributed by atoms with E-state index >= 15 is 0 Å². The summed E-state index contributed by atoms with van der Waals surface area (Å²) in [4.78, 5) is 15.1. The van der Waals surface area contributed by atoms with Crippen LogP contribution in [0.15, 0.2) is 66.7 Å². The molecule has 1 heterocycles. The van der Waals surface area contributed by atoms with Gasteiger partial charge in [-0.2, -0.15) is 0 Å². The lowest BCUT2D eigenvalue weighted by atomic mass is 10.0. The van der Waals surface area contributed by atoms with Gasteiger partial charge in [0.05, 0.1) is 17.6 Å². The molecule has 0 aliphatic heterocycles. The first-order valence-corrected chi connectivity index (χ1v) is 11.7. The van der Waals surface area contributed by atoms with Crippen LogP contribution in [0.4, 0.5) is 0 Å². The van der Waals surface area contributed by atoms with Gasteiger partial charge < -0.3 is 10.1 Å². The summed E-state index contributed by atoms with van der Waals surface area (Å²) in [6, 6.07) is 22.7. The van der Waals surface area contributed by atoms with Crippen LogP contribution in [0.5, 0.6) is 0 Å². The third-order valence-corrected chi connectivity index (χ3v) is 7.12. The van der Waals surface area contributed by atoms with E-state index in [1.54, 1.807) is 11.3 Å². The van der Waals surface area contributed by atoms with Crippen molar-refractivity contribution < 1.29 is 9.53 Å². The van der Waals surface area contributed by atoms with Crippen molar-refractivity contribution >= 4 is 17.2 Å². The Labute approximate surface area is 183 Å². The Morgan fingerprint density at radius 1 is 1.07 bits per heavy atom. The van der Waals surface area contributed by atoms with Gasteiger partial charge in [-0.15, -0.1) is 11.3 Å². The van der Waals surface area contributed by atoms with Gasteiger partial charge in [-0.1, -0.05) is 74.0 Å². The summed E-state index contributed by atoms with van der Waals surface area (Å²) in [7, 11) is 0. The van der Waals surface area contributed by atoms with Crippen molar-refractivity contribution in [3.63, 3.8) is 0 Å². The minimum Gasteiger partial charge on any atom is -0.373 e. The van der Waals surface area contributed by atoms with Crippen molar-refractivity contribution in [3.05, 3.63) is 82.0 Å². The highest BCUT2D eigenvalue weighted by Crippen LogP contribution is 2.33. The number of amides is 1. The van der Waals surface area contributed by atoms with Gasteiger partial charge in [0.15, 0.2) is 0 Å². The second-order valence-corrected chi connectivity index (χ2v) is 9.05. The van der Waals surface area contributed by atoms with Crippen LogP contribution >= 0.6 is 11.3 Å². The number of hydrogen-bond acceptors (Lipinski definition) is 3. The Morgan fingerprint density at radius 2 is 1.80 bits per heavy atom. The van der Waals surface area contributed by atoms with Gasteiger partial charge in [0.1, 0.15) is 0 Å². The summed E-state index contributed by atoms with van der Waals surface area (Å²) in [5.41, 5.74) is 3.34. The average Bonchev–Trinajstić information content (AvgIpc) is 3.44. The van der Waals surface area contributed by atoms with E-state index in [1.807, 2.05) is 36.4 Å². The smallest absolute Gasteiger partial charge is 0.262 e. The molecule has 0 radical (unpaired) electrons. The van der Waals surface area contributed by atoms with E-state index in [9.17, 15) is 4.79 Å². The summed E-state index contributed by atoms with van der Waals surface area (Å²) in [5.74, 6) is 0.413. The molecule has 1 unspecified atom stereocenters. The number of carbonyl (C=O) groups is 1. The van der Waals surface area contributed by atoms with Crippen LogP contribution in [0.2, 0.25) is 0 Å². The van der Waals surface area contributed by atoms with Crippen molar-refractivity contribution in [1.82, 2.24) is 5.32 Å². The van der Waals surface area contributed by atoms with Crippen LogP contribution in [-0.4, -0.2) is 18.6 Å². The lowest BCUT2D eigenvalue weighted by molar-refractivity contribution is 0.0162. The van der Waals surface area contributed by atoms with E-state index in [-0.39, 0.29) is 12.0 Å². The molecule has 1 amide bonds. The highest BCUT2D eigenvalue weighted by molar-refractivity contribution is 7.14. The quantitative estimate of drug-likeness (QED) is 0.480. The minimum absolute atomic E-state index is 0.0345. The Morgan fingerprint density at radius 3 is 2.53 bits per heavy atom. The van der Waals surface area contributed by atoms with Crippen LogP contribution in [0.1, 0.15) is 46.3 Å². The highest BCUT2D eigenvalue weighted by atomic mass is 32.1. The third-order valence-electron chi connectivity index (χ3n) is 5.84. The van der Waals surface area contributed by atoms with E-state index in [2.05, 4.69) is 42.6 Å². The number of nitrogens with one attached hydrogen (secondary N) is 1. The van der Waals surface area contributed by atoms with Gasteiger partial charge in [0, 0.05) is 22.9 Å². The molecule has 156 valence electrons. The second kappa shape index (κ2) is 10.1. The Balaban J connectivity index is 1.39. The SMILES string of the molecule is CCc1cc(-c2ccccc2)c(C(=O)NC[C@H]2CCCC2OCc2ccccc2)s1. The van der Waals surface area contributed by atoms with Crippen LogP contribution in [0, 0.1) is 5.92 Å². The number of hydrogen-bond donors (Lipinski definition) is 1. The molecule has 3 nitrogen and oxygen atoms in total. The molecular formula is C26H29NO2S. The fraction of sp³-hybridized carbons (Fsp3) is 0.346. The zero-order valence-electron chi connectivity index (χ0n) is 17.5. The normalized spacial score (nSPS) is 18.4. The number of ether oxygens (including phenoxy) is 1. The van der Waals surface area contributed by atoms with Gasteiger partial charge in [-0.05, 0) is 36.5 Å². The van der Waals surface area contributed by atoms with Gasteiger partial charge in [0.25, 0.3) is 5.91 Å². The summed E-state index contributed by atoms with van der Waals surface area (Å²) in [6.07, 6.45) is 4.50. The first-order chi connectivity index (χ1) is 14.7. The third kappa shape index (κ3) is 5.00. The number of aryl methyl sites for hydroxylation is 1. The molecule has 1 saturated carbocycles. The first kappa shape index (κ1) is 20.8. The standard InChI is InChI=1S/C26H29NO2S/c1-2-22-16-23(20-12-7-4-8-13-20)25(30-22)26(28)27-17-21-14-9-15-24(21)29-18-19-10-5-3-6-11-19/h3-8,10-13,16,21,24H,2,9,14-15,17-18H2,1H3,(H,27,28)/t21-,24?/m1/s1. The summed E-state index contributed by atoms with van der Waals surface area (Å²) in [6.45, 7) is 3.44. The van der Waals surface area contributed by atoms with Gasteiger partial charge in [-0.3, -0.25) is 4.79 Å². The second-order valence-electron chi connectivity index (χ2n) is 7.91. The maximum Gasteiger partial charge on any atom is 0.262 e. The molecule has 1 aliphatic carbocycles. The van der Waals surface area contributed by atoms with E-state index in [0.29, 0.717) is 19.1 Å².